The second-order valence-corrected chi connectivity index (χ2v) is 1.65. The lowest BCUT2D eigenvalue weighted by Gasteiger charge is -1.94. The van der Waals surface area contributed by atoms with E-state index in [1.54, 1.807) is 6.92 Å². The highest BCUT2D eigenvalue weighted by molar-refractivity contribution is 4.97. The summed E-state index contributed by atoms with van der Waals surface area (Å²) in [5, 5.41) is 7.95. The molecule has 0 saturated heterocycles. The van der Waals surface area contributed by atoms with Crippen LogP contribution in [0.1, 0.15) is 20.8 Å². The number of rotatable bonds is 1. The molecule has 0 aliphatic carbocycles. The predicted octanol–water partition coefficient (Wildman–Crippen LogP) is 1.79. The third kappa shape index (κ3) is 2.23. The van der Waals surface area contributed by atoms with Crippen molar-refractivity contribution in [3.05, 3.63) is 11.3 Å². The molecule has 42 valence electrons. The van der Waals surface area contributed by atoms with Crippen molar-refractivity contribution in [2.75, 3.05) is 0 Å². The summed E-state index contributed by atoms with van der Waals surface area (Å²) in [4.78, 5) is 3.89. The van der Waals surface area contributed by atoms with Crippen LogP contribution in [0.15, 0.2) is 11.3 Å². The van der Waals surface area contributed by atoms with Gasteiger partial charge in [0.05, 0.1) is 0 Å². The van der Waals surface area contributed by atoms with Crippen LogP contribution in [0.4, 0.5) is 0 Å². The summed E-state index contributed by atoms with van der Waals surface area (Å²) in [7, 11) is 0. The molecule has 0 spiro atoms. The molecule has 0 radical (unpaired) electrons. The fraction of sp³-hybridized carbons (Fsp3) is 0.600. The van der Waals surface area contributed by atoms with Gasteiger partial charge in [0.1, 0.15) is 5.76 Å². The van der Waals surface area contributed by atoms with E-state index in [0.717, 1.165) is 5.57 Å². The van der Waals surface area contributed by atoms with Crippen LogP contribution in [0.25, 0.3) is 0 Å². The van der Waals surface area contributed by atoms with Gasteiger partial charge >= 0.3 is 0 Å². The zero-order valence-corrected chi connectivity index (χ0v) is 4.86. The molecule has 0 aromatic heterocycles. The van der Waals surface area contributed by atoms with Gasteiger partial charge < -0.3 is 4.89 Å². The van der Waals surface area contributed by atoms with E-state index < -0.39 is 0 Å². The lowest BCUT2D eigenvalue weighted by molar-refractivity contribution is -0.203. The topological polar surface area (TPSA) is 29.5 Å². The van der Waals surface area contributed by atoms with Crippen LogP contribution in [-0.2, 0) is 4.89 Å². The van der Waals surface area contributed by atoms with Crippen LogP contribution < -0.4 is 0 Å². The largest absolute Gasteiger partial charge is 0.345 e. The maximum absolute atomic E-state index is 7.95. The molecule has 0 unspecified atom stereocenters. The van der Waals surface area contributed by atoms with Crippen LogP contribution in [0.2, 0.25) is 0 Å². The van der Waals surface area contributed by atoms with Crippen molar-refractivity contribution in [3.63, 3.8) is 0 Å². The number of hydrogen-bond donors (Lipinski definition) is 1. The second kappa shape index (κ2) is 2.64. The van der Waals surface area contributed by atoms with Crippen molar-refractivity contribution in [2.24, 2.45) is 0 Å². The lowest BCUT2D eigenvalue weighted by atomic mass is 10.3. The quantitative estimate of drug-likeness (QED) is 0.310. The molecule has 0 fully saturated rings. The Bertz CT molecular complexity index is 80.1. The van der Waals surface area contributed by atoms with Crippen molar-refractivity contribution in [1.29, 1.82) is 0 Å². The van der Waals surface area contributed by atoms with Gasteiger partial charge in [-0.1, -0.05) is 0 Å². The monoisotopic (exact) mass is 102 g/mol. The summed E-state index contributed by atoms with van der Waals surface area (Å²) >= 11 is 0. The Balaban J connectivity index is 3.72. The Kier molecular flexibility index (Phi) is 2.45. The number of hydrogen-bond acceptors (Lipinski definition) is 2. The SMILES string of the molecule is CC(C)=C(C)OO. The summed E-state index contributed by atoms with van der Waals surface area (Å²) in [6.45, 7) is 5.44. The average molecular weight is 102 g/mol. The van der Waals surface area contributed by atoms with Crippen LogP contribution in [-0.4, -0.2) is 5.26 Å². The van der Waals surface area contributed by atoms with E-state index in [1.165, 1.54) is 0 Å². The molecule has 0 saturated carbocycles. The van der Waals surface area contributed by atoms with Gasteiger partial charge in [0.15, 0.2) is 0 Å². The first-order valence-corrected chi connectivity index (χ1v) is 2.14. The highest BCUT2D eigenvalue weighted by atomic mass is 17.1. The highest BCUT2D eigenvalue weighted by Crippen LogP contribution is 1.99. The molecule has 7 heavy (non-hydrogen) atoms. The molecule has 0 rings (SSSR count). The Morgan fingerprint density at radius 1 is 1.29 bits per heavy atom. The molecule has 0 heterocycles. The van der Waals surface area contributed by atoms with E-state index in [9.17, 15) is 0 Å². The van der Waals surface area contributed by atoms with Crippen LogP contribution >= 0.6 is 0 Å². The van der Waals surface area contributed by atoms with Gasteiger partial charge in [0, 0.05) is 0 Å². The normalized spacial score (nSPS) is 8.00. The van der Waals surface area contributed by atoms with E-state index in [-0.39, 0.29) is 0 Å². The molecule has 2 heteroatoms. The van der Waals surface area contributed by atoms with E-state index in [2.05, 4.69) is 4.89 Å². The minimum atomic E-state index is 0.569. The standard InChI is InChI=1S/C5H10O2/c1-4(2)5(3)7-6/h6H,1-3H3. The fourth-order valence-electron chi connectivity index (χ4n) is 0.0913. The third-order valence-electron chi connectivity index (χ3n) is 0.841. The van der Waals surface area contributed by atoms with Gasteiger partial charge in [-0.05, 0) is 26.3 Å². The molecule has 1 N–H and O–H groups in total. The zero-order chi connectivity index (χ0) is 5.86. The summed E-state index contributed by atoms with van der Waals surface area (Å²) in [5.41, 5.74) is 0.988. The van der Waals surface area contributed by atoms with Gasteiger partial charge in [-0.3, -0.25) is 0 Å². The van der Waals surface area contributed by atoms with Crippen LogP contribution in [0.3, 0.4) is 0 Å². The maximum atomic E-state index is 7.95. The summed E-state index contributed by atoms with van der Waals surface area (Å²) < 4.78 is 0. The Morgan fingerprint density at radius 2 is 1.71 bits per heavy atom. The molecule has 0 bridgehead atoms. The average Bonchev–Trinajstić information content (AvgIpc) is 1.65. The van der Waals surface area contributed by atoms with Crippen molar-refractivity contribution >= 4 is 0 Å². The van der Waals surface area contributed by atoms with E-state index in [4.69, 9.17) is 5.26 Å². The van der Waals surface area contributed by atoms with Gasteiger partial charge in [-0.2, -0.15) is 0 Å². The minimum absolute atomic E-state index is 0.569. The van der Waals surface area contributed by atoms with Crippen LogP contribution in [0, 0.1) is 0 Å². The molecular formula is C5H10O2. The van der Waals surface area contributed by atoms with E-state index in [0.29, 0.717) is 5.76 Å². The number of allylic oxidation sites excluding steroid dienone is 2. The Hall–Kier alpha value is -0.500. The van der Waals surface area contributed by atoms with Gasteiger partial charge in [0.2, 0.25) is 0 Å². The lowest BCUT2D eigenvalue weighted by Crippen LogP contribution is -1.81. The molecule has 2 nitrogen and oxygen atoms in total. The Morgan fingerprint density at radius 3 is 1.71 bits per heavy atom. The van der Waals surface area contributed by atoms with Crippen LogP contribution in [0.5, 0.6) is 0 Å². The maximum Gasteiger partial charge on any atom is 0.137 e. The van der Waals surface area contributed by atoms with E-state index >= 15 is 0 Å². The van der Waals surface area contributed by atoms with Crippen molar-refractivity contribution < 1.29 is 10.1 Å². The molecule has 0 amide bonds. The fourth-order valence-corrected chi connectivity index (χ4v) is 0.0913. The van der Waals surface area contributed by atoms with Crippen molar-refractivity contribution in [3.8, 4) is 0 Å². The minimum Gasteiger partial charge on any atom is -0.345 e. The Labute approximate surface area is 43.3 Å². The first kappa shape index (κ1) is 6.50. The highest BCUT2D eigenvalue weighted by Gasteiger charge is 1.86. The summed E-state index contributed by atoms with van der Waals surface area (Å²) in [6, 6.07) is 0. The first-order valence-electron chi connectivity index (χ1n) is 2.14. The summed E-state index contributed by atoms with van der Waals surface area (Å²) in [5.74, 6) is 0.569. The van der Waals surface area contributed by atoms with Gasteiger partial charge in [0.25, 0.3) is 0 Å². The molecule has 0 aromatic carbocycles. The third-order valence-corrected chi connectivity index (χ3v) is 0.841. The molecule has 0 aromatic rings. The predicted molar refractivity (Wildman–Crippen MR) is 27.8 cm³/mol. The van der Waals surface area contributed by atoms with Crippen molar-refractivity contribution in [1.82, 2.24) is 0 Å². The summed E-state index contributed by atoms with van der Waals surface area (Å²) in [6.07, 6.45) is 0. The van der Waals surface area contributed by atoms with Crippen molar-refractivity contribution in [2.45, 2.75) is 20.8 Å². The first-order chi connectivity index (χ1) is 3.18. The van der Waals surface area contributed by atoms with E-state index in [1.807, 2.05) is 13.8 Å². The second-order valence-electron chi connectivity index (χ2n) is 1.65. The molecule has 0 atom stereocenters. The van der Waals surface area contributed by atoms with Gasteiger partial charge in [-0.25, -0.2) is 5.26 Å². The smallest absolute Gasteiger partial charge is 0.137 e. The molecule has 0 aliphatic heterocycles. The van der Waals surface area contributed by atoms with Gasteiger partial charge in [-0.15, -0.1) is 0 Å². The molecular weight excluding hydrogens is 92.1 g/mol. The zero-order valence-electron chi connectivity index (χ0n) is 4.86. The molecule has 0 aliphatic rings.